The van der Waals surface area contributed by atoms with Gasteiger partial charge < -0.3 is 14.7 Å². The van der Waals surface area contributed by atoms with Gasteiger partial charge in [0.2, 0.25) is 5.91 Å². The SMILES string of the molecule is CCCC(O)(CCc1ccccc1)CC(=O)CC(=O)N1C(=O)OCC1(CCCc1cccc(N(Cc2ccccc2)Cc2ccccc2)c1)c1ccccc1. The number of hydrogen-bond donors (Lipinski definition) is 1. The van der Waals surface area contributed by atoms with Crippen LogP contribution in [0.5, 0.6) is 0 Å². The third kappa shape index (κ3) is 10.4. The highest BCUT2D eigenvalue weighted by Crippen LogP contribution is 2.40. The molecule has 0 bridgehead atoms. The molecule has 1 N–H and O–H groups in total. The lowest BCUT2D eigenvalue weighted by Gasteiger charge is -2.35. The molecule has 284 valence electrons. The van der Waals surface area contributed by atoms with Gasteiger partial charge in [0.05, 0.1) is 12.0 Å². The van der Waals surface area contributed by atoms with E-state index in [0.717, 1.165) is 35.5 Å². The minimum atomic E-state index is -1.24. The molecule has 7 nitrogen and oxygen atoms in total. The fourth-order valence-electron chi connectivity index (χ4n) is 7.92. The Labute approximate surface area is 325 Å². The van der Waals surface area contributed by atoms with Crippen LogP contribution in [0.15, 0.2) is 146 Å². The number of ketones is 1. The summed E-state index contributed by atoms with van der Waals surface area (Å²) in [6, 6.07) is 48.9. The zero-order valence-corrected chi connectivity index (χ0v) is 31.8. The summed E-state index contributed by atoms with van der Waals surface area (Å²) in [5.41, 5.74) is 4.29. The van der Waals surface area contributed by atoms with Crippen LogP contribution in [0, 0.1) is 0 Å². The van der Waals surface area contributed by atoms with Crippen molar-refractivity contribution in [3.8, 4) is 0 Å². The molecule has 5 aromatic carbocycles. The normalized spacial score (nSPS) is 16.3. The molecule has 0 saturated carbocycles. The Hall–Kier alpha value is -5.53. The molecule has 7 heteroatoms. The maximum absolute atomic E-state index is 14.0. The van der Waals surface area contributed by atoms with Gasteiger partial charge >= 0.3 is 6.09 Å². The largest absolute Gasteiger partial charge is 0.446 e. The number of cyclic esters (lactones) is 1. The minimum absolute atomic E-state index is 0.00853. The number of benzene rings is 5. The van der Waals surface area contributed by atoms with E-state index in [1.807, 2.05) is 79.7 Å². The summed E-state index contributed by atoms with van der Waals surface area (Å²) < 4.78 is 5.63. The van der Waals surface area contributed by atoms with Crippen LogP contribution in [-0.2, 0) is 45.8 Å². The van der Waals surface area contributed by atoms with E-state index in [0.29, 0.717) is 44.9 Å². The van der Waals surface area contributed by atoms with E-state index < -0.39 is 29.6 Å². The average molecular weight is 737 g/mol. The van der Waals surface area contributed by atoms with Crippen molar-refractivity contribution in [2.24, 2.45) is 0 Å². The van der Waals surface area contributed by atoms with Crippen LogP contribution in [-0.4, -0.2) is 40.0 Å². The highest BCUT2D eigenvalue weighted by Gasteiger charge is 2.52. The first-order chi connectivity index (χ1) is 26.8. The highest BCUT2D eigenvalue weighted by atomic mass is 16.6. The first kappa shape index (κ1) is 39.2. The van der Waals surface area contributed by atoms with E-state index in [1.165, 1.54) is 16.0 Å². The number of aliphatic hydroxyl groups is 1. The Bertz CT molecular complexity index is 1950. The Morgan fingerprint density at radius 3 is 1.89 bits per heavy atom. The summed E-state index contributed by atoms with van der Waals surface area (Å²) in [6.07, 6.45) is 2.63. The van der Waals surface area contributed by atoms with Gasteiger partial charge in [-0.1, -0.05) is 147 Å². The Morgan fingerprint density at radius 2 is 1.29 bits per heavy atom. The third-order valence-electron chi connectivity index (χ3n) is 10.7. The Balaban J connectivity index is 1.17. The maximum Gasteiger partial charge on any atom is 0.417 e. The maximum atomic E-state index is 14.0. The van der Waals surface area contributed by atoms with Crippen molar-refractivity contribution in [1.29, 1.82) is 0 Å². The predicted molar refractivity (Wildman–Crippen MR) is 217 cm³/mol. The molecule has 2 amide bonds. The summed E-state index contributed by atoms with van der Waals surface area (Å²) in [6.45, 7) is 3.50. The number of rotatable bonds is 19. The highest BCUT2D eigenvalue weighted by molar-refractivity contribution is 6.04. The topological polar surface area (TPSA) is 87.2 Å². The monoisotopic (exact) mass is 736 g/mol. The molecule has 2 unspecified atom stereocenters. The van der Waals surface area contributed by atoms with Crippen molar-refractivity contribution in [2.75, 3.05) is 11.5 Å². The summed E-state index contributed by atoms with van der Waals surface area (Å²) in [5, 5.41) is 11.5. The predicted octanol–water partition coefficient (Wildman–Crippen LogP) is 9.60. The van der Waals surface area contributed by atoms with Gasteiger partial charge in [0.15, 0.2) is 0 Å². The van der Waals surface area contributed by atoms with Crippen molar-refractivity contribution in [3.63, 3.8) is 0 Å². The van der Waals surface area contributed by atoms with E-state index in [4.69, 9.17) is 4.74 Å². The number of carbonyl (C=O) groups excluding carboxylic acids is 3. The fourth-order valence-corrected chi connectivity index (χ4v) is 7.92. The number of carbonyl (C=O) groups is 3. The number of imide groups is 1. The zero-order valence-electron chi connectivity index (χ0n) is 31.8. The van der Waals surface area contributed by atoms with E-state index in [9.17, 15) is 19.5 Å². The number of aryl methyl sites for hydroxylation is 2. The van der Waals surface area contributed by atoms with Gasteiger partial charge in [0.25, 0.3) is 0 Å². The number of amides is 2. The lowest BCUT2D eigenvalue weighted by molar-refractivity contribution is -0.137. The summed E-state index contributed by atoms with van der Waals surface area (Å²) in [5.74, 6) is -0.985. The Kier molecular flexibility index (Phi) is 13.3. The number of hydrogen-bond acceptors (Lipinski definition) is 6. The van der Waals surface area contributed by atoms with Gasteiger partial charge in [-0.2, -0.15) is 0 Å². The average Bonchev–Trinajstić information content (AvgIpc) is 3.55. The minimum Gasteiger partial charge on any atom is -0.446 e. The van der Waals surface area contributed by atoms with Crippen LogP contribution in [0.4, 0.5) is 10.5 Å². The summed E-state index contributed by atoms with van der Waals surface area (Å²) >= 11 is 0. The fraction of sp³-hybridized carbons (Fsp3) is 0.312. The van der Waals surface area contributed by atoms with E-state index in [2.05, 4.69) is 77.7 Å². The zero-order chi connectivity index (χ0) is 38.5. The molecular weight excluding hydrogens is 685 g/mol. The molecule has 2 atom stereocenters. The van der Waals surface area contributed by atoms with Gasteiger partial charge in [-0.05, 0) is 78.5 Å². The number of nitrogens with zero attached hydrogens (tertiary/aromatic N) is 2. The molecule has 1 heterocycles. The van der Waals surface area contributed by atoms with Crippen LogP contribution in [0.1, 0.15) is 79.7 Å². The molecular formula is C48H52N2O5. The van der Waals surface area contributed by atoms with Crippen LogP contribution < -0.4 is 4.90 Å². The molecule has 5 aromatic rings. The molecule has 0 aliphatic carbocycles. The summed E-state index contributed by atoms with van der Waals surface area (Å²) in [4.78, 5) is 44.5. The molecule has 6 rings (SSSR count). The molecule has 55 heavy (non-hydrogen) atoms. The van der Waals surface area contributed by atoms with Crippen LogP contribution in [0.3, 0.4) is 0 Å². The molecule has 1 fully saturated rings. The standard InChI is InChI=1S/C48H52N2O5/c1-2-29-47(54,31-28-38-17-7-3-8-18-38)34-44(51)33-45(52)50-46(53)55-37-48(50,42-25-13-6-14-26-42)30-16-24-39-23-15-27-43(32-39)49(35-40-19-9-4-10-20-40)36-41-21-11-5-12-22-41/h3-15,17-23,25-27,32,54H,2,16,24,28-31,33-37H2,1H3. The van der Waals surface area contributed by atoms with Crippen LogP contribution in [0.25, 0.3) is 0 Å². The van der Waals surface area contributed by atoms with E-state index >= 15 is 0 Å². The van der Waals surface area contributed by atoms with Gasteiger partial charge in [-0.3, -0.25) is 9.59 Å². The molecule has 0 aromatic heterocycles. The lowest BCUT2D eigenvalue weighted by Crippen LogP contribution is -2.49. The first-order valence-electron chi connectivity index (χ1n) is 19.5. The quantitative estimate of drug-likeness (QED) is 0.0850. The van der Waals surface area contributed by atoms with Crippen molar-refractivity contribution in [3.05, 3.63) is 173 Å². The number of Topliss-reactive ketones (excluding diaryl/α,β-unsaturated/α-hetero) is 1. The second-order valence-corrected chi connectivity index (χ2v) is 14.9. The lowest BCUT2D eigenvalue weighted by atomic mass is 9.83. The van der Waals surface area contributed by atoms with E-state index in [1.54, 1.807) is 0 Å². The van der Waals surface area contributed by atoms with Gasteiger partial charge in [0, 0.05) is 25.2 Å². The second kappa shape index (κ2) is 18.7. The second-order valence-electron chi connectivity index (χ2n) is 14.9. The van der Waals surface area contributed by atoms with Crippen molar-refractivity contribution >= 4 is 23.5 Å². The van der Waals surface area contributed by atoms with Crippen molar-refractivity contribution < 1.29 is 24.2 Å². The van der Waals surface area contributed by atoms with Crippen LogP contribution >= 0.6 is 0 Å². The van der Waals surface area contributed by atoms with Gasteiger partial charge in [0.1, 0.15) is 17.9 Å². The molecule has 1 saturated heterocycles. The van der Waals surface area contributed by atoms with Gasteiger partial charge in [-0.15, -0.1) is 0 Å². The Morgan fingerprint density at radius 1 is 0.727 bits per heavy atom. The van der Waals surface area contributed by atoms with E-state index in [-0.39, 0.29) is 18.8 Å². The number of ether oxygens (including phenoxy) is 1. The van der Waals surface area contributed by atoms with Crippen LogP contribution in [0.2, 0.25) is 0 Å². The summed E-state index contributed by atoms with van der Waals surface area (Å²) in [7, 11) is 0. The third-order valence-corrected chi connectivity index (χ3v) is 10.7. The first-order valence-corrected chi connectivity index (χ1v) is 19.5. The van der Waals surface area contributed by atoms with Crippen molar-refractivity contribution in [2.45, 2.75) is 88.9 Å². The number of anilines is 1. The molecule has 0 spiro atoms. The molecule has 1 aliphatic heterocycles. The van der Waals surface area contributed by atoms with Crippen molar-refractivity contribution in [1.82, 2.24) is 4.90 Å². The molecule has 1 aliphatic rings. The smallest absolute Gasteiger partial charge is 0.417 e. The molecule has 0 radical (unpaired) electrons. The van der Waals surface area contributed by atoms with Gasteiger partial charge in [-0.25, -0.2) is 9.69 Å².